The number of imidazole rings is 1. The van der Waals surface area contributed by atoms with Gasteiger partial charge >= 0.3 is 11.7 Å². The zero-order chi connectivity index (χ0) is 30.6. The number of urea groups is 1. The standard InChI is InChI=1S/C34H41N5O5/c1-3-35-33(41)36-26-14-12-25(13-15-26)32-43-30(22(2)31(44-32)24-10-8-23(21-40)9-11-24)20-38-18-16-27(17-19-38)39-29-7-5-4-6-28(29)37-34(39)42/h4-15,22,27,30-32,40H,3,16-21H2,1-2H3,(H,37,42)(H2,35,36,41)/t22-,30+,31+,32+/m0/s1. The van der Waals surface area contributed by atoms with Crippen LogP contribution in [0.5, 0.6) is 0 Å². The maximum absolute atomic E-state index is 12.8. The topological polar surface area (TPSA) is 121 Å². The first-order valence-electron chi connectivity index (χ1n) is 15.5. The SMILES string of the molecule is CCNC(=O)Nc1ccc([C@@H]2O[C@H](CN3CCC(n4c(=O)[nH]c5ccccc54)CC3)[C@H](C)[C@H](c3ccc(CO)cc3)O2)cc1. The van der Waals surface area contributed by atoms with E-state index in [2.05, 4.69) is 27.4 Å². The molecule has 2 fully saturated rings. The molecule has 0 spiro atoms. The van der Waals surface area contributed by atoms with Crippen molar-refractivity contribution < 1.29 is 19.4 Å². The van der Waals surface area contributed by atoms with Crippen LogP contribution in [0, 0.1) is 5.92 Å². The van der Waals surface area contributed by atoms with Crippen molar-refractivity contribution in [2.75, 3.05) is 31.5 Å². The number of carbonyl (C=O) groups excluding carboxylic acids is 1. The Morgan fingerprint density at radius 3 is 2.39 bits per heavy atom. The molecule has 0 radical (unpaired) electrons. The number of benzene rings is 3. The quantitative estimate of drug-likeness (QED) is 0.224. The van der Waals surface area contributed by atoms with Crippen molar-refractivity contribution in [2.45, 2.75) is 57.8 Å². The van der Waals surface area contributed by atoms with Crippen LogP contribution in [0.3, 0.4) is 0 Å². The summed E-state index contributed by atoms with van der Waals surface area (Å²) in [7, 11) is 0. The highest BCUT2D eigenvalue weighted by atomic mass is 16.7. The second-order valence-electron chi connectivity index (χ2n) is 11.8. The molecule has 0 aliphatic carbocycles. The number of aromatic nitrogens is 2. The molecule has 2 aliphatic rings. The van der Waals surface area contributed by atoms with Crippen LogP contribution in [0.4, 0.5) is 10.5 Å². The first-order valence-corrected chi connectivity index (χ1v) is 15.5. The average molecular weight is 600 g/mol. The minimum Gasteiger partial charge on any atom is -0.392 e. The summed E-state index contributed by atoms with van der Waals surface area (Å²) in [5.41, 5.74) is 5.25. The normalized spacial score (nSPS) is 23.1. The fraction of sp³-hybridized carbons (Fsp3) is 0.412. The summed E-state index contributed by atoms with van der Waals surface area (Å²) < 4.78 is 15.2. The van der Waals surface area contributed by atoms with Crippen LogP contribution in [-0.2, 0) is 16.1 Å². The predicted octanol–water partition coefficient (Wildman–Crippen LogP) is 5.09. The first-order chi connectivity index (χ1) is 21.4. The molecular weight excluding hydrogens is 558 g/mol. The first kappa shape index (κ1) is 30.1. The van der Waals surface area contributed by atoms with Gasteiger partial charge in [0.1, 0.15) is 0 Å². The number of anilines is 1. The van der Waals surface area contributed by atoms with Gasteiger partial charge in [0.05, 0.1) is 29.8 Å². The molecule has 0 saturated carbocycles. The Kier molecular flexibility index (Phi) is 9.13. The van der Waals surface area contributed by atoms with Gasteiger partial charge in [-0.2, -0.15) is 0 Å². The number of aliphatic hydroxyl groups is 1. The lowest BCUT2D eigenvalue weighted by Gasteiger charge is -2.44. The Labute approximate surface area is 257 Å². The number of nitrogens with zero attached hydrogens (tertiary/aromatic N) is 2. The summed E-state index contributed by atoms with van der Waals surface area (Å²) >= 11 is 0. The largest absolute Gasteiger partial charge is 0.392 e. The smallest absolute Gasteiger partial charge is 0.326 e. The minimum atomic E-state index is -0.584. The number of amides is 2. The molecule has 44 heavy (non-hydrogen) atoms. The highest BCUT2D eigenvalue weighted by Crippen LogP contribution is 2.42. The predicted molar refractivity (Wildman–Crippen MR) is 169 cm³/mol. The van der Waals surface area contributed by atoms with Crippen molar-refractivity contribution in [3.05, 3.63) is 100.0 Å². The fourth-order valence-electron chi connectivity index (χ4n) is 6.44. The third-order valence-corrected chi connectivity index (χ3v) is 8.89. The van der Waals surface area contributed by atoms with Gasteiger partial charge in [-0.25, -0.2) is 9.59 Å². The van der Waals surface area contributed by atoms with Crippen LogP contribution in [0.1, 0.15) is 61.8 Å². The molecule has 6 rings (SSSR count). The van der Waals surface area contributed by atoms with E-state index in [0.29, 0.717) is 12.2 Å². The Bertz CT molecular complexity index is 1610. The van der Waals surface area contributed by atoms with Crippen molar-refractivity contribution in [1.29, 1.82) is 0 Å². The third-order valence-electron chi connectivity index (χ3n) is 8.89. The summed E-state index contributed by atoms with van der Waals surface area (Å²) in [5, 5.41) is 15.1. The van der Waals surface area contributed by atoms with Gasteiger partial charge in [0.2, 0.25) is 0 Å². The Morgan fingerprint density at radius 2 is 1.68 bits per heavy atom. The van der Waals surface area contributed by atoms with Gasteiger partial charge in [0.25, 0.3) is 0 Å². The second-order valence-corrected chi connectivity index (χ2v) is 11.8. The average Bonchev–Trinajstić information content (AvgIpc) is 3.38. The summed E-state index contributed by atoms with van der Waals surface area (Å²) in [6.07, 6.45) is 0.877. The van der Waals surface area contributed by atoms with E-state index < -0.39 is 6.29 Å². The van der Waals surface area contributed by atoms with Crippen LogP contribution >= 0.6 is 0 Å². The number of piperidine rings is 1. The molecule has 0 unspecified atom stereocenters. The Morgan fingerprint density at radius 1 is 0.977 bits per heavy atom. The second kappa shape index (κ2) is 13.4. The third kappa shape index (κ3) is 6.44. The van der Waals surface area contributed by atoms with E-state index >= 15 is 0 Å². The summed E-state index contributed by atoms with van der Waals surface area (Å²) in [5.74, 6) is 0.0684. The van der Waals surface area contributed by atoms with Crippen LogP contribution in [0.2, 0.25) is 0 Å². The van der Waals surface area contributed by atoms with E-state index in [-0.39, 0.29) is 42.5 Å². The number of aromatic amines is 1. The monoisotopic (exact) mass is 599 g/mol. The number of carbonyl (C=O) groups is 1. The molecular formula is C34H41N5O5. The zero-order valence-corrected chi connectivity index (χ0v) is 25.2. The van der Waals surface area contributed by atoms with E-state index in [9.17, 15) is 14.7 Å². The lowest BCUT2D eigenvalue weighted by Crippen LogP contribution is -2.47. The van der Waals surface area contributed by atoms with Gasteiger partial charge in [-0.3, -0.25) is 4.57 Å². The highest BCUT2D eigenvalue weighted by molar-refractivity contribution is 5.89. The van der Waals surface area contributed by atoms with Gasteiger partial charge in [-0.05, 0) is 55.2 Å². The highest BCUT2D eigenvalue weighted by Gasteiger charge is 2.39. The molecule has 2 aliphatic heterocycles. The molecule has 10 heteroatoms. The molecule has 3 aromatic carbocycles. The van der Waals surface area contributed by atoms with E-state index in [0.717, 1.165) is 60.2 Å². The lowest BCUT2D eigenvalue weighted by molar-refractivity contribution is -0.276. The van der Waals surface area contributed by atoms with Crippen molar-refractivity contribution in [1.82, 2.24) is 19.8 Å². The van der Waals surface area contributed by atoms with Gasteiger partial charge in [-0.1, -0.05) is 55.5 Å². The van der Waals surface area contributed by atoms with Crippen LogP contribution in [0.15, 0.2) is 77.6 Å². The molecule has 232 valence electrons. The molecule has 0 bridgehead atoms. The Hall–Kier alpha value is -3.96. The van der Waals surface area contributed by atoms with E-state index in [4.69, 9.17) is 9.47 Å². The molecule has 2 amide bonds. The molecule has 1 aromatic heterocycles. The molecule has 10 nitrogen and oxygen atoms in total. The summed E-state index contributed by atoms with van der Waals surface area (Å²) in [4.78, 5) is 30.2. The van der Waals surface area contributed by atoms with Gasteiger partial charge in [-0.15, -0.1) is 0 Å². The van der Waals surface area contributed by atoms with Crippen LogP contribution in [-0.4, -0.2) is 57.9 Å². The number of rotatable bonds is 8. The molecule has 4 N–H and O–H groups in total. The number of hydrogen-bond acceptors (Lipinski definition) is 6. The number of fused-ring (bicyclic) bond motifs is 1. The van der Waals surface area contributed by atoms with Crippen molar-refractivity contribution in [3.63, 3.8) is 0 Å². The van der Waals surface area contributed by atoms with Gasteiger partial charge in [0, 0.05) is 49.4 Å². The maximum Gasteiger partial charge on any atom is 0.326 e. The van der Waals surface area contributed by atoms with E-state index in [1.165, 1.54) is 0 Å². The summed E-state index contributed by atoms with van der Waals surface area (Å²) in [6.45, 7) is 7.07. The van der Waals surface area contributed by atoms with E-state index in [1.807, 2.05) is 84.3 Å². The molecule has 2 saturated heterocycles. The number of H-pyrrole nitrogens is 1. The number of aliphatic hydroxyl groups excluding tert-OH is 1. The molecule has 4 atom stereocenters. The number of ether oxygens (including phenoxy) is 2. The van der Waals surface area contributed by atoms with Crippen LogP contribution in [0.25, 0.3) is 11.0 Å². The molecule has 4 aromatic rings. The molecule has 3 heterocycles. The van der Waals surface area contributed by atoms with Crippen molar-refractivity contribution in [2.24, 2.45) is 5.92 Å². The fourth-order valence-corrected chi connectivity index (χ4v) is 6.44. The van der Waals surface area contributed by atoms with Crippen LogP contribution < -0.4 is 16.3 Å². The van der Waals surface area contributed by atoms with Crippen molar-refractivity contribution >= 4 is 22.8 Å². The maximum atomic E-state index is 12.8. The minimum absolute atomic E-state index is 0.00694. The Balaban J connectivity index is 1.18. The number of para-hydroxylation sites is 2. The number of nitrogens with one attached hydrogen (secondary N) is 3. The van der Waals surface area contributed by atoms with Crippen molar-refractivity contribution in [3.8, 4) is 0 Å². The number of hydrogen-bond donors (Lipinski definition) is 4. The van der Waals surface area contributed by atoms with Gasteiger partial charge in [0.15, 0.2) is 6.29 Å². The lowest BCUT2D eigenvalue weighted by atomic mass is 9.89. The zero-order valence-electron chi connectivity index (χ0n) is 25.2. The number of likely N-dealkylation sites (tertiary alicyclic amines) is 1. The summed E-state index contributed by atoms with van der Waals surface area (Å²) in [6, 6.07) is 23.3. The van der Waals surface area contributed by atoms with E-state index in [1.54, 1.807) is 0 Å². The van der Waals surface area contributed by atoms with Gasteiger partial charge < -0.3 is 35.1 Å².